The lowest BCUT2D eigenvalue weighted by atomic mass is 10.1. The van der Waals surface area contributed by atoms with Crippen LogP contribution in [0.5, 0.6) is 0 Å². The molecule has 5 nitrogen and oxygen atoms in total. The van der Waals surface area contributed by atoms with Gasteiger partial charge in [0.2, 0.25) is 0 Å². The number of pyridine rings is 1. The number of ether oxygens (including phenoxy) is 1. The Labute approximate surface area is 121 Å². The molecule has 1 aliphatic heterocycles. The molecule has 2 N–H and O–H groups in total. The van der Waals surface area contributed by atoms with Gasteiger partial charge in [0.15, 0.2) is 5.82 Å². The maximum absolute atomic E-state index is 6.07. The van der Waals surface area contributed by atoms with Crippen molar-refractivity contribution in [2.45, 2.75) is 13.0 Å². The zero-order valence-electron chi connectivity index (χ0n) is 11.4. The molecule has 0 atom stereocenters. The van der Waals surface area contributed by atoms with E-state index in [0.29, 0.717) is 24.9 Å². The summed E-state index contributed by atoms with van der Waals surface area (Å²) in [5.41, 5.74) is 8.88. The van der Waals surface area contributed by atoms with Crippen LogP contribution in [0, 0.1) is 0 Å². The number of fused-ring (bicyclic) bond motifs is 2. The van der Waals surface area contributed by atoms with Crippen LogP contribution in [0.2, 0.25) is 0 Å². The highest BCUT2D eigenvalue weighted by Gasteiger charge is 2.18. The molecule has 0 spiro atoms. The van der Waals surface area contributed by atoms with E-state index in [0.717, 1.165) is 34.0 Å². The molecule has 0 unspecified atom stereocenters. The fraction of sp³-hybridized carbons (Fsp3) is 0.188. The van der Waals surface area contributed by atoms with Crippen LogP contribution < -0.4 is 5.73 Å². The van der Waals surface area contributed by atoms with E-state index in [9.17, 15) is 0 Å². The van der Waals surface area contributed by atoms with E-state index >= 15 is 0 Å². The Hall–Kier alpha value is -2.53. The van der Waals surface area contributed by atoms with Crippen molar-refractivity contribution in [3.63, 3.8) is 0 Å². The molecule has 5 heteroatoms. The predicted molar refractivity (Wildman–Crippen MR) is 80.5 cm³/mol. The summed E-state index contributed by atoms with van der Waals surface area (Å²) in [6.45, 7) is 1.17. The van der Waals surface area contributed by atoms with Crippen LogP contribution in [0.1, 0.15) is 11.3 Å². The molecule has 0 amide bonds. The Morgan fingerprint density at radius 3 is 2.95 bits per heavy atom. The Bertz CT molecular complexity index is 826. The van der Waals surface area contributed by atoms with E-state index in [2.05, 4.69) is 21.0 Å². The zero-order valence-corrected chi connectivity index (χ0v) is 11.4. The standard InChI is InChI=1S/C16H14N4O/c17-15-13-9-21-6-5-14(13)19-16(20-15)12-8-18-7-10-3-1-2-4-11(10)12/h1-4,7-8H,5-6,9H2,(H2,17,19,20). The van der Waals surface area contributed by atoms with Crippen molar-refractivity contribution in [1.29, 1.82) is 0 Å². The summed E-state index contributed by atoms with van der Waals surface area (Å²) in [4.78, 5) is 13.4. The molecule has 2 aromatic heterocycles. The van der Waals surface area contributed by atoms with E-state index in [1.54, 1.807) is 6.20 Å². The van der Waals surface area contributed by atoms with Crippen molar-refractivity contribution in [2.24, 2.45) is 0 Å². The second-order valence-corrected chi connectivity index (χ2v) is 5.07. The second-order valence-electron chi connectivity index (χ2n) is 5.07. The largest absolute Gasteiger partial charge is 0.383 e. The number of aromatic nitrogens is 3. The highest BCUT2D eigenvalue weighted by atomic mass is 16.5. The zero-order chi connectivity index (χ0) is 14.2. The molecule has 0 fully saturated rings. The first-order chi connectivity index (χ1) is 10.3. The van der Waals surface area contributed by atoms with Gasteiger partial charge in [-0.25, -0.2) is 9.97 Å². The summed E-state index contributed by atoms with van der Waals surface area (Å²) in [5.74, 6) is 1.14. The minimum absolute atomic E-state index is 0.495. The first-order valence-electron chi connectivity index (χ1n) is 6.89. The van der Waals surface area contributed by atoms with Crippen molar-refractivity contribution >= 4 is 16.6 Å². The van der Waals surface area contributed by atoms with Crippen LogP contribution in [0.15, 0.2) is 36.7 Å². The van der Waals surface area contributed by atoms with Crippen LogP contribution >= 0.6 is 0 Å². The van der Waals surface area contributed by atoms with Crippen molar-refractivity contribution in [3.8, 4) is 11.4 Å². The number of rotatable bonds is 1. The minimum Gasteiger partial charge on any atom is -0.383 e. The molecule has 0 bridgehead atoms. The van der Waals surface area contributed by atoms with Gasteiger partial charge in [-0.1, -0.05) is 24.3 Å². The Morgan fingerprint density at radius 2 is 2.00 bits per heavy atom. The number of nitrogens with zero attached hydrogens (tertiary/aromatic N) is 3. The van der Waals surface area contributed by atoms with Crippen LogP contribution in [-0.4, -0.2) is 21.6 Å². The first kappa shape index (κ1) is 12.2. The average Bonchev–Trinajstić information content (AvgIpc) is 2.54. The summed E-state index contributed by atoms with van der Waals surface area (Å²) in [6, 6.07) is 8.07. The van der Waals surface area contributed by atoms with E-state index in [-0.39, 0.29) is 0 Å². The van der Waals surface area contributed by atoms with Gasteiger partial charge in [-0.15, -0.1) is 0 Å². The number of benzene rings is 1. The molecular weight excluding hydrogens is 264 g/mol. The van der Waals surface area contributed by atoms with Gasteiger partial charge in [-0.05, 0) is 5.39 Å². The van der Waals surface area contributed by atoms with Crippen LogP contribution in [0.25, 0.3) is 22.2 Å². The van der Waals surface area contributed by atoms with Crippen molar-refractivity contribution in [2.75, 3.05) is 12.3 Å². The Kier molecular flexibility index (Phi) is 2.79. The van der Waals surface area contributed by atoms with E-state index in [4.69, 9.17) is 10.5 Å². The van der Waals surface area contributed by atoms with E-state index in [1.165, 1.54) is 0 Å². The molecule has 104 valence electrons. The lowest BCUT2D eigenvalue weighted by molar-refractivity contribution is 0.109. The Morgan fingerprint density at radius 1 is 1.10 bits per heavy atom. The maximum atomic E-state index is 6.07. The van der Waals surface area contributed by atoms with Crippen LogP contribution in [0.3, 0.4) is 0 Å². The lowest BCUT2D eigenvalue weighted by Crippen LogP contribution is -2.16. The maximum Gasteiger partial charge on any atom is 0.163 e. The van der Waals surface area contributed by atoms with Gasteiger partial charge >= 0.3 is 0 Å². The molecule has 4 rings (SSSR count). The summed E-state index contributed by atoms with van der Waals surface area (Å²) in [7, 11) is 0. The molecule has 0 aliphatic carbocycles. The van der Waals surface area contributed by atoms with Gasteiger partial charge in [0.05, 0.1) is 18.9 Å². The smallest absolute Gasteiger partial charge is 0.163 e. The SMILES string of the molecule is Nc1nc(-c2cncc3ccccc23)nc2c1COCC2. The molecule has 0 radical (unpaired) electrons. The molecule has 0 saturated heterocycles. The third-order valence-corrected chi connectivity index (χ3v) is 3.76. The van der Waals surface area contributed by atoms with Gasteiger partial charge in [-0.2, -0.15) is 0 Å². The Balaban J connectivity index is 1.95. The van der Waals surface area contributed by atoms with E-state index in [1.807, 2.05) is 24.4 Å². The van der Waals surface area contributed by atoms with Gasteiger partial charge in [-0.3, -0.25) is 4.98 Å². The number of hydrogen-bond donors (Lipinski definition) is 1. The second kappa shape index (κ2) is 4.79. The van der Waals surface area contributed by atoms with Gasteiger partial charge in [0.25, 0.3) is 0 Å². The molecule has 0 saturated carbocycles. The van der Waals surface area contributed by atoms with Crippen molar-refractivity contribution in [3.05, 3.63) is 47.9 Å². The summed E-state index contributed by atoms with van der Waals surface area (Å²) in [6.07, 6.45) is 4.41. The molecular formula is C16H14N4O. The third kappa shape index (κ3) is 2.02. The van der Waals surface area contributed by atoms with Crippen molar-refractivity contribution < 1.29 is 4.74 Å². The lowest BCUT2D eigenvalue weighted by Gasteiger charge is -2.18. The highest BCUT2D eigenvalue weighted by Crippen LogP contribution is 2.28. The monoisotopic (exact) mass is 278 g/mol. The first-order valence-corrected chi connectivity index (χ1v) is 6.89. The van der Waals surface area contributed by atoms with Gasteiger partial charge < -0.3 is 10.5 Å². The average molecular weight is 278 g/mol. The molecule has 21 heavy (non-hydrogen) atoms. The number of anilines is 1. The summed E-state index contributed by atoms with van der Waals surface area (Å²) < 4.78 is 5.42. The fourth-order valence-electron chi connectivity index (χ4n) is 2.67. The van der Waals surface area contributed by atoms with Gasteiger partial charge in [0, 0.05) is 35.3 Å². The minimum atomic E-state index is 0.495. The normalized spacial score (nSPS) is 14.1. The number of hydrogen-bond acceptors (Lipinski definition) is 5. The van der Waals surface area contributed by atoms with Crippen molar-refractivity contribution in [1.82, 2.24) is 15.0 Å². The highest BCUT2D eigenvalue weighted by molar-refractivity contribution is 5.94. The molecule has 3 heterocycles. The fourth-order valence-corrected chi connectivity index (χ4v) is 2.67. The van der Waals surface area contributed by atoms with Crippen LogP contribution in [-0.2, 0) is 17.8 Å². The summed E-state index contributed by atoms with van der Waals surface area (Å²) >= 11 is 0. The van der Waals surface area contributed by atoms with Gasteiger partial charge in [0.1, 0.15) is 5.82 Å². The topological polar surface area (TPSA) is 73.9 Å². The quantitative estimate of drug-likeness (QED) is 0.739. The molecule has 1 aliphatic rings. The van der Waals surface area contributed by atoms with Crippen LogP contribution in [0.4, 0.5) is 5.82 Å². The molecule has 3 aromatic rings. The summed E-state index contributed by atoms with van der Waals surface area (Å²) in [5, 5.41) is 2.15. The third-order valence-electron chi connectivity index (χ3n) is 3.76. The predicted octanol–water partition coefficient (Wildman–Crippen LogP) is 2.35. The molecule has 1 aromatic carbocycles. The van der Waals surface area contributed by atoms with E-state index < -0.39 is 0 Å². The number of nitrogens with two attached hydrogens (primary N) is 1. The number of nitrogen functional groups attached to an aromatic ring is 1.